The maximum atomic E-state index is 12.5. The van der Waals surface area contributed by atoms with Crippen LogP contribution in [0.15, 0.2) is 30.7 Å². The van der Waals surface area contributed by atoms with Crippen molar-refractivity contribution in [2.45, 2.75) is 19.9 Å². The summed E-state index contributed by atoms with van der Waals surface area (Å²) in [5, 5.41) is 5.98. The van der Waals surface area contributed by atoms with Crippen LogP contribution in [0.4, 0.5) is 5.82 Å². The highest BCUT2D eigenvalue weighted by Crippen LogP contribution is 2.21. The normalized spacial score (nSPS) is 12.2. The van der Waals surface area contributed by atoms with Crippen molar-refractivity contribution >= 4 is 11.7 Å². The second-order valence-corrected chi connectivity index (χ2v) is 5.24. The Kier molecular flexibility index (Phi) is 4.57. The molecule has 2 heterocycles. The number of carbonyl (C=O) groups excluding carboxylic acids is 1. The van der Waals surface area contributed by atoms with Gasteiger partial charge in [-0.3, -0.25) is 4.79 Å². The standard InChI is InChI=1S/C15H21N5O/c1-10(2)12(14-18-8-9-20(14)4)19-15(21)11-6-5-7-17-13(11)16-3/h5-10,12H,1-4H3,(H,16,17)(H,19,21)/t12-/m0/s1. The second kappa shape index (κ2) is 6.39. The molecule has 0 unspecified atom stereocenters. The molecule has 0 saturated carbocycles. The van der Waals surface area contributed by atoms with Crippen LogP contribution in [-0.4, -0.2) is 27.5 Å². The maximum absolute atomic E-state index is 12.5. The Labute approximate surface area is 124 Å². The summed E-state index contributed by atoms with van der Waals surface area (Å²) in [5.41, 5.74) is 0.528. The molecule has 0 radical (unpaired) electrons. The molecule has 0 fully saturated rings. The molecule has 0 aliphatic heterocycles. The molecular formula is C15H21N5O. The first kappa shape index (κ1) is 15.0. The molecule has 2 rings (SSSR count). The zero-order chi connectivity index (χ0) is 15.4. The Balaban J connectivity index is 2.25. The number of nitrogens with one attached hydrogen (secondary N) is 2. The van der Waals surface area contributed by atoms with Crippen LogP contribution in [0.3, 0.4) is 0 Å². The van der Waals surface area contributed by atoms with Gasteiger partial charge in [-0.05, 0) is 18.1 Å². The molecule has 0 saturated heterocycles. The lowest BCUT2D eigenvalue weighted by Crippen LogP contribution is -2.34. The molecule has 1 amide bonds. The van der Waals surface area contributed by atoms with Crippen LogP contribution in [0.2, 0.25) is 0 Å². The van der Waals surface area contributed by atoms with Crippen LogP contribution < -0.4 is 10.6 Å². The minimum atomic E-state index is -0.158. The molecule has 21 heavy (non-hydrogen) atoms. The minimum Gasteiger partial charge on any atom is -0.372 e. The third-order valence-corrected chi connectivity index (χ3v) is 3.38. The van der Waals surface area contributed by atoms with Crippen molar-refractivity contribution in [2.24, 2.45) is 13.0 Å². The summed E-state index contributed by atoms with van der Waals surface area (Å²) in [5.74, 6) is 1.48. The Morgan fingerprint density at radius 2 is 2.05 bits per heavy atom. The average Bonchev–Trinajstić information content (AvgIpc) is 2.90. The fourth-order valence-corrected chi connectivity index (χ4v) is 2.21. The van der Waals surface area contributed by atoms with E-state index in [1.165, 1.54) is 0 Å². The molecule has 6 heteroatoms. The Bertz CT molecular complexity index is 620. The van der Waals surface area contributed by atoms with Gasteiger partial charge in [0.25, 0.3) is 5.91 Å². The van der Waals surface area contributed by atoms with E-state index in [1.807, 2.05) is 17.8 Å². The molecular weight excluding hydrogens is 266 g/mol. The number of carbonyl (C=O) groups is 1. The van der Waals surface area contributed by atoms with E-state index in [4.69, 9.17) is 0 Å². The highest BCUT2D eigenvalue weighted by Gasteiger charge is 2.23. The number of aryl methyl sites for hydroxylation is 1. The molecule has 0 aliphatic rings. The van der Waals surface area contributed by atoms with Crippen LogP contribution in [-0.2, 0) is 7.05 Å². The van der Waals surface area contributed by atoms with Crippen molar-refractivity contribution in [1.29, 1.82) is 0 Å². The van der Waals surface area contributed by atoms with Crippen molar-refractivity contribution < 1.29 is 4.79 Å². The predicted molar refractivity (Wildman–Crippen MR) is 82.0 cm³/mol. The van der Waals surface area contributed by atoms with Crippen LogP contribution in [0.1, 0.15) is 36.1 Å². The predicted octanol–water partition coefficient (Wildman–Crippen LogP) is 1.98. The number of pyridine rings is 1. The number of rotatable bonds is 5. The van der Waals surface area contributed by atoms with E-state index < -0.39 is 0 Å². The van der Waals surface area contributed by atoms with E-state index in [0.717, 1.165) is 5.82 Å². The summed E-state index contributed by atoms with van der Waals surface area (Å²) >= 11 is 0. The summed E-state index contributed by atoms with van der Waals surface area (Å²) in [6, 6.07) is 3.35. The number of anilines is 1. The smallest absolute Gasteiger partial charge is 0.255 e. The topological polar surface area (TPSA) is 71.8 Å². The van der Waals surface area contributed by atoms with Gasteiger partial charge in [-0.15, -0.1) is 0 Å². The van der Waals surface area contributed by atoms with Crippen molar-refractivity contribution in [1.82, 2.24) is 19.9 Å². The van der Waals surface area contributed by atoms with Gasteiger partial charge >= 0.3 is 0 Å². The largest absolute Gasteiger partial charge is 0.372 e. The minimum absolute atomic E-state index is 0.151. The number of hydrogen-bond donors (Lipinski definition) is 2. The molecule has 112 valence electrons. The first-order chi connectivity index (χ1) is 10.0. The van der Waals surface area contributed by atoms with Crippen LogP contribution in [0.25, 0.3) is 0 Å². The van der Waals surface area contributed by atoms with E-state index in [0.29, 0.717) is 11.4 Å². The van der Waals surface area contributed by atoms with Gasteiger partial charge in [-0.1, -0.05) is 13.8 Å². The molecule has 0 bridgehead atoms. The lowest BCUT2D eigenvalue weighted by atomic mass is 10.0. The third-order valence-electron chi connectivity index (χ3n) is 3.38. The zero-order valence-electron chi connectivity index (χ0n) is 12.8. The lowest BCUT2D eigenvalue weighted by Gasteiger charge is -2.22. The Hall–Kier alpha value is -2.37. The molecule has 0 aromatic carbocycles. The van der Waals surface area contributed by atoms with Gasteiger partial charge in [-0.2, -0.15) is 0 Å². The van der Waals surface area contributed by atoms with E-state index in [-0.39, 0.29) is 17.9 Å². The molecule has 1 atom stereocenters. The second-order valence-electron chi connectivity index (χ2n) is 5.24. The van der Waals surface area contributed by atoms with E-state index in [2.05, 4.69) is 34.4 Å². The summed E-state index contributed by atoms with van der Waals surface area (Å²) in [7, 11) is 3.67. The van der Waals surface area contributed by atoms with Gasteiger partial charge in [0.05, 0.1) is 11.6 Å². The number of imidazole rings is 1. The number of amides is 1. The average molecular weight is 287 g/mol. The summed E-state index contributed by atoms with van der Waals surface area (Å²) in [6.45, 7) is 4.11. The monoisotopic (exact) mass is 287 g/mol. The highest BCUT2D eigenvalue weighted by atomic mass is 16.1. The fraction of sp³-hybridized carbons (Fsp3) is 0.400. The van der Waals surface area contributed by atoms with Gasteiger partial charge < -0.3 is 15.2 Å². The molecule has 0 aliphatic carbocycles. The summed E-state index contributed by atoms with van der Waals surface area (Å²) in [4.78, 5) is 21.0. The van der Waals surface area contributed by atoms with E-state index >= 15 is 0 Å². The van der Waals surface area contributed by atoms with Gasteiger partial charge in [0.1, 0.15) is 11.6 Å². The van der Waals surface area contributed by atoms with E-state index in [9.17, 15) is 4.79 Å². The number of hydrogen-bond acceptors (Lipinski definition) is 4. The van der Waals surface area contributed by atoms with Gasteiger partial charge in [0.15, 0.2) is 0 Å². The molecule has 2 aromatic heterocycles. The number of aromatic nitrogens is 3. The molecule has 2 N–H and O–H groups in total. The molecule has 6 nitrogen and oxygen atoms in total. The van der Waals surface area contributed by atoms with Crippen molar-refractivity contribution in [2.75, 3.05) is 12.4 Å². The van der Waals surface area contributed by atoms with Gasteiger partial charge in [0.2, 0.25) is 0 Å². The van der Waals surface area contributed by atoms with Crippen LogP contribution in [0.5, 0.6) is 0 Å². The van der Waals surface area contributed by atoms with Crippen LogP contribution >= 0.6 is 0 Å². The maximum Gasteiger partial charge on any atom is 0.255 e. The zero-order valence-corrected chi connectivity index (χ0v) is 12.8. The Morgan fingerprint density at radius 3 is 2.62 bits per heavy atom. The molecule has 2 aromatic rings. The lowest BCUT2D eigenvalue weighted by molar-refractivity contribution is 0.0923. The number of nitrogens with zero attached hydrogens (tertiary/aromatic N) is 3. The van der Waals surface area contributed by atoms with Gasteiger partial charge in [0, 0.05) is 32.7 Å². The first-order valence-electron chi connectivity index (χ1n) is 6.95. The highest BCUT2D eigenvalue weighted by molar-refractivity contribution is 5.98. The van der Waals surface area contributed by atoms with Crippen molar-refractivity contribution in [3.63, 3.8) is 0 Å². The quantitative estimate of drug-likeness (QED) is 0.882. The summed E-state index contributed by atoms with van der Waals surface area (Å²) < 4.78 is 1.92. The van der Waals surface area contributed by atoms with Gasteiger partial charge in [-0.25, -0.2) is 9.97 Å². The first-order valence-corrected chi connectivity index (χ1v) is 6.95. The SMILES string of the molecule is CNc1ncccc1C(=O)N[C@H](c1nccn1C)C(C)C. The fourth-order valence-electron chi connectivity index (χ4n) is 2.21. The van der Waals surface area contributed by atoms with E-state index in [1.54, 1.807) is 31.6 Å². The summed E-state index contributed by atoms with van der Waals surface area (Å²) in [6.07, 6.45) is 5.27. The Morgan fingerprint density at radius 1 is 1.29 bits per heavy atom. The van der Waals surface area contributed by atoms with Crippen molar-refractivity contribution in [3.8, 4) is 0 Å². The van der Waals surface area contributed by atoms with Crippen LogP contribution in [0, 0.1) is 5.92 Å². The third kappa shape index (κ3) is 3.21. The molecule has 0 spiro atoms. The van der Waals surface area contributed by atoms with Crippen molar-refractivity contribution in [3.05, 3.63) is 42.1 Å².